The number of ether oxygens (including phenoxy) is 2. The maximum atomic E-state index is 12.0. The molecule has 6 heteroatoms. The van der Waals surface area contributed by atoms with E-state index in [2.05, 4.69) is 10.6 Å². The van der Waals surface area contributed by atoms with Gasteiger partial charge in [0.05, 0.1) is 5.69 Å². The summed E-state index contributed by atoms with van der Waals surface area (Å²) in [5, 5.41) is 6.30. The van der Waals surface area contributed by atoms with Crippen LogP contribution in [-0.4, -0.2) is 25.8 Å². The lowest BCUT2D eigenvalue weighted by Gasteiger charge is -2.21. The lowest BCUT2D eigenvalue weighted by atomic mass is 10.1. The molecule has 0 atom stereocenters. The van der Waals surface area contributed by atoms with Crippen LogP contribution in [0.15, 0.2) is 42.5 Å². The second-order valence-electron chi connectivity index (χ2n) is 5.09. The predicted octanol–water partition coefficient (Wildman–Crippen LogP) is 3.48. The molecule has 0 spiro atoms. The number of halogens is 1. The molecular weight excluding hydrogens is 316 g/mol. The molecule has 0 fully saturated rings. The Bertz CT molecular complexity index is 706. The summed E-state index contributed by atoms with van der Waals surface area (Å²) < 4.78 is 11.0. The Kier molecular flexibility index (Phi) is 4.88. The van der Waals surface area contributed by atoms with E-state index in [0.29, 0.717) is 48.4 Å². The molecule has 0 bridgehead atoms. The van der Waals surface area contributed by atoms with E-state index in [4.69, 9.17) is 21.1 Å². The lowest BCUT2D eigenvalue weighted by molar-refractivity contribution is 0.172. The number of para-hydroxylation sites is 1. The van der Waals surface area contributed by atoms with Crippen LogP contribution in [0.2, 0.25) is 5.02 Å². The number of anilines is 1. The first-order valence-electron chi connectivity index (χ1n) is 7.40. The van der Waals surface area contributed by atoms with Gasteiger partial charge in [-0.2, -0.15) is 0 Å². The Balaban J connectivity index is 1.54. The van der Waals surface area contributed by atoms with Crippen LogP contribution >= 0.6 is 11.6 Å². The minimum Gasteiger partial charge on any atom is -0.486 e. The summed E-state index contributed by atoms with van der Waals surface area (Å²) >= 11 is 5.94. The van der Waals surface area contributed by atoms with Crippen molar-refractivity contribution < 1.29 is 14.3 Å². The third-order valence-electron chi connectivity index (χ3n) is 3.40. The molecule has 0 saturated carbocycles. The van der Waals surface area contributed by atoms with Gasteiger partial charge in [0.1, 0.15) is 13.2 Å². The molecule has 23 heavy (non-hydrogen) atoms. The molecule has 0 aliphatic carbocycles. The highest BCUT2D eigenvalue weighted by Gasteiger charge is 2.16. The van der Waals surface area contributed by atoms with Crippen LogP contribution in [0.4, 0.5) is 10.5 Å². The van der Waals surface area contributed by atoms with Crippen molar-refractivity contribution in [3.8, 4) is 11.5 Å². The van der Waals surface area contributed by atoms with Gasteiger partial charge in [0.25, 0.3) is 0 Å². The van der Waals surface area contributed by atoms with Crippen LogP contribution < -0.4 is 20.1 Å². The lowest BCUT2D eigenvalue weighted by Crippen LogP contribution is -2.31. The average molecular weight is 333 g/mol. The van der Waals surface area contributed by atoms with Gasteiger partial charge in [0.2, 0.25) is 0 Å². The number of fused-ring (bicyclic) bond motifs is 1. The van der Waals surface area contributed by atoms with Crippen molar-refractivity contribution in [3.05, 3.63) is 53.1 Å². The van der Waals surface area contributed by atoms with Gasteiger partial charge in [0.15, 0.2) is 11.5 Å². The van der Waals surface area contributed by atoms with Crippen molar-refractivity contribution >= 4 is 23.3 Å². The molecule has 0 unspecified atom stereocenters. The van der Waals surface area contributed by atoms with Crippen molar-refractivity contribution in [1.29, 1.82) is 0 Å². The zero-order valence-corrected chi connectivity index (χ0v) is 13.2. The molecule has 2 aromatic carbocycles. The quantitative estimate of drug-likeness (QED) is 0.901. The molecular formula is C17H17ClN2O3. The molecule has 3 rings (SSSR count). The number of hydrogen-bond acceptors (Lipinski definition) is 3. The monoisotopic (exact) mass is 332 g/mol. The first-order chi connectivity index (χ1) is 11.2. The van der Waals surface area contributed by atoms with Crippen LogP contribution in [-0.2, 0) is 6.42 Å². The van der Waals surface area contributed by atoms with Crippen molar-refractivity contribution in [2.45, 2.75) is 6.42 Å². The van der Waals surface area contributed by atoms with Crippen molar-refractivity contribution in [1.82, 2.24) is 5.32 Å². The highest BCUT2D eigenvalue weighted by atomic mass is 35.5. The molecule has 1 aliphatic rings. The van der Waals surface area contributed by atoms with E-state index in [1.165, 1.54) is 0 Å². The van der Waals surface area contributed by atoms with Crippen LogP contribution in [0.3, 0.4) is 0 Å². The number of carbonyl (C=O) groups excluding carboxylic acids is 1. The number of hydrogen-bond donors (Lipinski definition) is 2. The van der Waals surface area contributed by atoms with Gasteiger partial charge in [-0.15, -0.1) is 0 Å². The SMILES string of the molecule is O=C(NCCc1cccc(Cl)c1)Nc1cccc2c1OCCO2. The largest absolute Gasteiger partial charge is 0.486 e. The molecule has 2 aromatic rings. The average Bonchev–Trinajstić information content (AvgIpc) is 2.55. The van der Waals surface area contributed by atoms with Gasteiger partial charge in [-0.1, -0.05) is 29.8 Å². The van der Waals surface area contributed by atoms with Crippen LogP contribution in [0.1, 0.15) is 5.56 Å². The van der Waals surface area contributed by atoms with E-state index < -0.39 is 0 Å². The molecule has 2 N–H and O–H groups in total. The summed E-state index contributed by atoms with van der Waals surface area (Å²) in [5.41, 5.74) is 1.68. The van der Waals surface area contributed by atoms with Crippen molar-refractivity contribution in [2.24, 2.45) is 0 Å². The zero-order chi connectivity index (χ0) is 16.1. The van der Waals surface area contributed by atoms with E-state index in [1.807, 2.05) is 36.4 Å². The number of benzene rings is 2. The first-order valence-corrected chi connectivity index (χ1v) is 7.78. The van der Waals surface area contributed by atoms with Crippen molar-refractivity contribution in [2.75, 3.05) is 25.1 Å². The molecule has 5 nitrogen and oxygen atoms in total. The van der Waals surface area contributed by atoms with Crippen molar-refractivity contribution in [3.63, 3.8) is 0 Å². The van der Waals surface area contributed by atoms with Crippen LogP contribution in [0.5, 0.6) is 11.5 Å². The normalized spacial score (nSPS) is 12.6. The zero-order valence-electron chi connectivity index (χ0n) is 12.5. The van der Waals surface area contributed by atoms with E-state index >= 15 is 0 Å². The Morgan fingerprint density at radius 3 is 2.83 bits per heavy atom. The maximum absolute atomic E-state index is 12.0. The summed E-state index contributed by atoms with van der Waals surface area (Å²) in [6.45, 7) is 1.50. The smallest absolute Gasteiger partial charge is 0.319 e. The molecule has 2 amide bonds. The second kappa shape index (κ2) is 7.24. The van der Waals surface area contributed by atoms with Gasteiger partial charge in [0, 0.05) is 11.6 Å². The summed E-state index contributed by atoms with van der Waals surface area (Å²) in [6.07, 6.45) is 0.709. The molecule has 0 aromatic heterocycles. The van der Waals surface area contributed by atoms with E-state index in [1.54, 1.807) is 6.07 Å². The third-order valence-corrected chi connectivity index (χ3v) is 3.64. The Morgan fingerprint density at radius 2 is 1.96 bits per heavy atom. The minimum atomic E-state index is -0.283. The number of urea groups is 1. The fourth-order valence-corrected chi connectivity index (χ4v) is 2.56. The summed E-state index contributed by atoms with van der Waals surface area (Å²) in [7, 11) is 0. The minimum absolute atomic E-state index is 0.283. The van der Waals surface area contributed by atoms with Gasteiger partial charge in [-0.25, -0.2) is 4.79 Å². The molecule has 1 aliphatic heterocycles. The molecule has 0 saturated heterocycles. The van der Waals surface area contributed by atoms with Gasteiger partial charge in [-0.05, 0) is 36.2 Å². The standard InChI is InChI=1S/C17H17ClN2O3/c18-13-4-1-3-12(11-13)7-8-19-17(21)20-14-5-2-6-15-16(14)23-10-9-22-15/h1-6,11H,7-10H2,(H2,19,20,21). The van der Waals surface area contributed by atoms with Gasteiger partial charge in [-0.3, -0.25) is 0 Å². The summed E-state index contributed by atoms with van der Waals surface area (Å²) in [6, 6.07) is 12.7. The molecule has 0 radical (unpaired) electrons. The Morgan fingerprint density at radius 1 is 1.13 bits per heavy atom. The molecule has 1 heterocycles. The summed E-state index contributed by atoms with van der Waals surface area (Å²) in [5.74, 6) is 1.22. The third kappa shape index (κ3) is 4.07. The van der Waals surface area contributed by atoms with E-state index in [0.717, 1.165) is 5.56 Å². The van der Waals surface area contributed by atoms with Crippen LogP contribution in [0, 0.1) is 0 Å². The topological polar surface area (TPSA) is 59.6 Å². The maximum Gasteiger partial charge on any atom is 0.319 e. The van der Waals surface area contributed by atoms with E-state index in [-0.39, 0.29) is 6.03 Å². The first kappa shape index (κ1) is 15.5. The number of rotatable bonds is 4. The second-order valence-corrected chi connectivity index (χ2v) is 5.53. The number of carbonyl (C=O) groups is 1. The molecule has 120 valence electrons. The Labute approximate surface area is 139 Å². The van der Waals surface area contributed by atoms with Gasteiger partial charge >= 0.3 is 6.03 Å². The fraction of sp³-hybridized carbons (Fsp3) is 0.235. The van der Waals surface area contributed by atoms with E-state index in [9.17, 15) is 4.79 Å². The number of amides is 2. The fourth-order valence-electron chi connectivity index (χ4n) is 2.35. The highest BCUT2D eigenvalue weighted by Crippen LogP contribution is 2.37. The number of nitrogens with one attached hydrogen (secondary N) is 2. The van der Waals surface area contributed by atoms with Crippen LogP contribution in [0.25, 0.3) is 0 Å². The summed E-state index contributed by atoms with van der Waals surface area (Å²) in [4.78, 5) is 12.0. The predicted molar refractivity (Wildman–Crippen MR) is 89.6 cm³/mol. The highest BCUT2D eigenvalue weighted by molar-refractivity contribution is 6.30. The Hall–Kier alpha value is -2.40. The van der Waals surface area contributed by atoms with Gasteiger partial charge < -0.3 is 20.1 Å².